The third-order valence-electron chi connectivity index (χ3n) is 4.00. The van der Waals surface area contributed by atoms with Crippen molar-refractivity contribution in [3.63, 3.8) is 0 Å². The summed E-state index contributed by atoms with van der Waals surface area (Å²) in [6.45, 7) is 4.26. The number of nitrogens with one attached hydrogen (secondary N) is 1. The summed E-state index contributed by atoms with van der Waals surface area (Å²) in [6.07, 6.45) is 6.67. The fraction of sp³-hybridized carbons (Fsp3) is 0.615. The number of aromatic nitrogens is 2. The molecule has 19 heavy (non-hydrogen) atoms. The molecule has 1 atom stereocenters. The highest BCUT2D eigenvalue weighted by Gasteiger charge is 2.35. The zero-order valence-electron chi connectivity index (χ0n) is 11.7. The van der Waals surface area contributed by atoms with Gasteiger partial charge in [-0.3, -0.25) is 15.7 Å². The van der Waals surface area contributed by atoms with Gasteiger partial charge in [-0.2, -0.15) is 0 Å². The van der Waals surface area contributed by atoms with Gasteiger partial charge in [-0.1, -0.05) is 13.8 Å². The standard InChI is InChI=1S/C13H22N4OS/c1-4-13(5-2,18-3)11(16-14)8-10-9-17-6-7-19-12(17)15-10/h6-7,9,11,16H,4-5,8,14H2,1-3H3. The predicted molar refractivity (Wildman–Crippen MR) is 78.2 cm³/mol. The van der Waals surface area contributed by atoms with Crippen LogP contribution >= 0.6 is 11.3 Å². The molecule has 0 bridgehead atoms. The average Bonchev–Trinajstić information content (AvgIpc) is 3.00. The first-order chi connectivity index (χ1) is 9.19. The van der Waals surface area contributed by atoms with E-state index >= 15 is 0 Å². The lowest BCUT2D eigenvalue weighted by Gasteiger charge is -2.37. The fourth-order valence-corrected chi connectivity index (χ4v) is 3.37. The molecule has 0 aliphatic heterocycles. The molecule has 0 aliphatic rings. The molecule has 2 aromatic rings. The third kappa shape index (κ3) is 2.67. The summed E-state index contributed by atoms with van der Waals surface area (Å²) in [4.78, 5) is 5.62. The van der Waals surface area contributed by atoms with Gasteiger partial charge in [0.15, 0.2) is 4.96 Å². The van der Waals surface area contributed by atoms with E-state index in [-0.39, 0.29) is 11.6 Å². The van der Waals surface area contributed by atoms with Crippen LogP contribution in [-0.2, 0) is 11.2 Å². The van der Waals surface area contributed by atoms with Crippen molar-refractivity contribution in [2.45, 2.75) is 44.8 Å². The van der Waals surface area contributed by atoms with E-state index in [2.05, 4.69) is 30.5 Å². The van der Waals surface area contributed by atoms with Gasteiger partial charge in [-0.25, -0.2) is 4.98 Å². The molecule has 0 spiro atoms. The Kier molecular flexibility index (Phi) is 4.57. The maximum Gasteiger partial charge on any atom is 0.193 e. The first-order valence-corrected chi connectivity index (χ1v) is 7.49. The molecule has 2 rings (SSSR count). The molecule has 3 N–H and O–H groups in total. The molecule has 106 valence electrons. The van der Waals surface area contributed by atoms with Crippen LogP contribution in [0.15, 0.2) is 17.8 Å². The van der Waals surface area contributed by atoms with Gasteiger partial charge in [-0.15, -0.1) is 11.3 Å². The second-order valence-corrected chi connectivity index (χ2v) is 5.60. The van der Waals surface area contributed by atoms with Crippen LogP contribution in [-0.4, -0.2) is 28.1 Å². The number of methoxy groups -OCH3 is 1. The number of fused-ring (bicyclic) bond motifs is 1. The molecule has 0 saturated heterocycles. The number of imidazole rings is 1. The molecular formula is C13H22N4OS. The average molecular weight is 282 g/mol. The van der Waals surface area contributed by atoms with Crippen molar-refractivity contribution in [3.8, 4) is 0 Å². The number of rotatable bonds is 7. The lowest BCUT2D eigenvalue weighted by molar-refractivity contribution is -0.0474. The first kappa shape index (κ1) is 14.5. The minimum Gasteiger partial charge on any atom is -0.377 e. The minimum absolute atomic E-state index is 0.0529. The Balaban J connectivity index is 2.20. The molecule has 0 fully saturated rings. The quantitative estimate of drug-likeness (QED) is 0.602. The van der Waals surface area contributed by atoms with Crippen molar-refractivity contribution in [2.75, 3.05) is 7.11 Å². The number of thiazole rings is 1. The molecule has 6 heteroatoms. The van der Waals surface area contributed by atoms with Gasteiger partial charge >= 0.3 is 0 Å². The van der Waals surface area contributed by atoms with E-state index in [4.69, 9.17) is 10.6 Å². The highest BCUT2D eigenvalue weighted by molar-refractivity contribution is 7.15. The number of nitrogens with two attached hydrogens (primary N) is 1. The Morgan fingerprint density at radius 2 is 2.26 bits per heavy atom. The van der Waals surface area contributed by atoms with E-state index < -0.39 is 0 Å². The Hall–Kier alpha value is -0.950. The molecule has 0 saturated carbocycles. The van der Waals surface area contributed by atoms with Crippen LogP contribution in [0.1, 0.15) is 32.4 Å². The Bertz CT molecular complexity index is 481. The Morgan fingerprint density at radius 3 is 2.79 bits per heavy atom. The second-order valence-electron chi connectivity index (χ2n) is 4.72. The maximum absolute atomic E-state index is 5.74. The highest BCUT2D eigenvalue weighted by atomic mass is 32.1. The summed E-state index contributed by atoms with van der Waals surface area (Å²) in [6, 6.07) is 0.0529. The van der Waals surface area contributed by atoms with Gasteiger partial charge in [0.1, 0.15) is 0 Å². The second kappa shape index (κ2) is 6.00. The summed E-state index contributed by atoms with van der Waals surface area (Å²) >= 11 is 1.64. The molecule has 2 aromatic heterocycles. The summed E-state index contributed by atoms with van der Waals surface area (Å²) in [7, 11) is 1.75. The minimum atomic E-state index is -0.244. The summed E-state index contributed by atoms with van der Waals surface area (Å²) in [5, 5.41) is 2.03. The fourth-order valence-electron chi connectivity index (χ4n) is 2.65. The Morgan fingerprint density at radius 1 is 1.53 bits per heavy atom. The highest BCUT2D eigenvalue weighted by Crippen LogP contribution is 2.26. The normalized spacial score (nSPS) is 14.1. The van der Waals surface area contributed by atoms with Crippen LogP contribution in [0.3, 0.4) is 0 Å². The smallest absolute Gasteiger partial charge is 0.193 e. The summed E-state index contributed by atoms with van der Waals surface area (Å²) in [5.74, 6) is 5.74. The topological polar surface area (TPSA) is 64.6 Å². The van der Waals surface area contributed by atoms with Gasteiger partial charge in [0.2, 0.25) is 0 Å². The van der Waals surface area contributed by atoms with E-state index in [0.717, 1.165) is 29.9 Å². The molecule has 0 aromatic carbocycles. The Labute approximate surface area is 117 Å². The first-order valence-electron chi connectivity index (χ1n) is 6.61. The van der Waals surface area contributed by atoms with Crippen LogP contribution in [0.25, 0.3) is 4.96 Å². The third-order valence-corrected chi connectivity index (χ3v) is 4.77. The van der Waals surface area contributed by atoms with Crippen LogP contribution in [0.5, 0.6) is 0 Å². The van der Waals surface area contributed by atoms with E-state index in [1.807, 2.05) is 16.0 Å². The monoisotopic (exact) mass is 282 g/mol. The van der Waals surface area contributed by atoms with Crippen LogP contribution < -0.4 is 11.3 Å². The summed E-state index contributed by atoms with van der Waals surface area (Å²) in [5.41, 5.74) is 3.71. The molecule has 0 amide bonds. The summed E-state index contributed by atoms with van der Waals surface area (Å²) < 4.78 is 7.78. The number of nitrogens with zero attached hydrogens (tertiary/aromatic N) is 2. The molecule has 0 aliphatic carbocycles. The predicted octanol–water partition coefficient (Wildman–Crippen LogP) is 1.98. The van der Waals surface area contributed by atoms with Crippen LogP contribution in [0, 0.1) is 0 Å². The molecular weight excluding hydrogens is 260 g/mol. The van der Waals surface area contributed by atoms with Crippen molar-refractivity contribution in [2.24, 2.45) is 5.84 Å². The van der Waals surface area contributed by atoms with E-state index in [1.165, 1.54) is 0 Å². The van der Waals surface area contributed by atoms with Gasteiger partial charge in [0.25, 0.3) is 0 Å². The van der Waals surface area contributed by atoms with E-state index in [1.54, 1.807) is 18.4 Å². The van der Waals surface area contributed by atoms with Gasteiger partial charge in [0.05, 0.1) is 17.3 Å². The maximum atomic E-state index is 5.74. The molecule has 1 unspecified atom stereocenters. The number of hydrogen-bond donors (Lipinski definition) is 2. The van der Waals surface area contributed by atoms with Crippen molar-refractivity contribution in [1.82, 2.24) is 14.8 Å². The zero-order chi connectivity index (χ0) is 13.9. The van der Waals surface area contributed by atoms with Gasteiger partial charge < -0.3 is 4.74 Å². The van der Waals surface area contributed by atoms with E-state index in [9.17, 15) is 0 Å². The SMILES string of the molecule is CCC(CC)(OC)C(Cc1cn2ccsc2n1)NN. The lowest BCUT2D eigenvalue weighted by atomic mass is 9.86. The van der Waals surface area contributed by atoms with Crippen LogP contribution in [0.2, 0.25) is 0 Å². The largest absolute Gasteiger partial charge is 0.377 e. The molecule has 2 heterocycles. The molecule has 5 nitrogen and oxygen atoms in total. The van der Waals surface area contributed by atoms with Gasteiger partial charge in [-0.05, 0) is 12.8 Å². The number of hydrazine groups is 1. The van der Waals surface area contributed by atoms with Crippen molar-refractivity contribution >= 4 is 16.3 Å². The van der Waals surface area contributed by atoms with Crippen molar-refractivity contribution in [1.29, 1.82) is 0 Å². The van der Waals surface area contributed by atoms with E-state index in [0.29, 0.717) is 0 Å². The van der Waals surface area contributed by atoms with Crippen molar-refractivity contribution in [3.05, 3.63) is 23.5 Å². The zero-order valence-corrected chi connectivity index (χ0v) is 12.5. The van der Waals surface area contributed by atoms with Crippen LogP contribution in [0.4, 0.5) is 0 Å². The number of hydrogen-bond acceptors (Lipinski definition) is 5. The number of ether oxygens (including phenoxy) is 1. The molecule has 0 radical (unpaired) electrons. The van der Waals surface area contributed by atoms with Gasteiger partial charge in [0, 0.05) is 31.3 Å². The lowest BCUT2D eigenvalue weighted by Crippen LogP contribution is -2.55. The van der Waals surface area contributed by atoms with Crippen molar-refractivity contribution < 1.29 is 4.74 Å².